The highest BCUT2D eigenvalue weighted by molar-refractivity contribution is 8.00. The van der Waals surface area contributed by atoms with Crippen LogP contribution in [0.25, 0.3) is 11.0 Å². The number of nitrogens with one attached hydrogen (secondary N) is 1. The molecular weight excluding hydrogens is 402 g/mol. The van der Waals surface area contributed by atoms with Crippen LogP contribution in [0.5, 0.6) is 0 Å². The Kier molecular flexibility index (Phi) is 6.71. The van der Waals surface area contributed by atoms with Gasteiger partial charge in [-0.05, 0) is 30.5 Å². The third-order valence-electron chi connectivity index (χ3n) is 4.77. The molecule has 1 amide bonds. The average Bonchev–Trinajstić information content (AvgIpc) is 2.75. The Bertz CT molecular complexity index is 1200. The molecule has 0 radical (unpaired) electrons. The zero-order valence-electron chi connectivity index (χ0n) is 17.6. The Morgan fingerprint density at radius 3 is 2.40 bits per heavy atom. The quantitative estimate of drug-likeness (QED) is 0.459. The molecule has 0 spiro atoms. The Morgan fingerprint density at radius 2 is 1.77 bits per heavy atom. The van der Waals surface area contributed by atoms with Gasteiger partial charge >= 0.3 is 5.69 Å². The molecule has 2 heterocycles. The number of aryl methyl sites for hydroxylation is 3. The minimum absolute atomic E-state index is 0.0825. The van der Waals surface area contributed by atoms with Gasteiger partial charge in [0.05, 0.1) is 5.75 Å². The summed E-state index contributed by atoms with van der Waals surface area (Å²) in [6, 6.07) is 7.68. The van der Waals surface area contributed by atoms with Crippen molar-refractivity contribution in [3.05, 3.63) is 56.5 Å². The molecule has 1 N–H and O–H groups in total. The molecule has 1 aromatic carbocycles. The van der Waals surface area contributed by atoms with E-state index in [4.69, 9.17) is 0 Å². The van der Waals surface area contributed by atoms with Crippen molar-refractivity contribution in [1.82, 2.24) is 19.1 Å². The van der Waals surface area contributed by atoms with Crippen LogP contribution >= 0.6 is 11.8 Å². The van der Waals surface area contributed by atoms with Crippen LogP contribution in [0.1, 0.15) is 31.7 Å². The fourth-order valence-corrected chi connectivity index (χ4v) is 3.90. The van der Waals surface area contributed by atoms with Crippen LogP contribution in [0, 0.1) is 0 Å². The maximum Gasteiger partial charge on any atom is 0.332 e. The minimum Gasteiger partial charge on any atom is -0.325 e. The highest BCUT2D eigenvalue weighted by Crippen LogP contribution is 2.23. The van der Waals surface area contributed by atoms with E-state index in [-0.39, 0.29) is 17.0 Å². The van der Waals surface area contributed by atoms with Gasteiger partial charge in [-0.3, -0.25) is 18.7 Å². The molecule has 0 atom stereocenters. The van der Waals surface area contributed by atoms with E-state index >= 15 is 0 Å². The van der Waals surface area contributed by atoms with Crippen molar-refractivity contribution in [2.75, 3.05) is 11.1 Å². The second-order valence-electron chi connectivity index (χ2n) is 6.99. The van der Waals surface area contributed by atoms with Gasteiger partial charge in [-0.25, -0.2) is 14.8 Å². The van der Waals surface area contributed by atoms with Crippen molar-refractivity contribution in [2.24, 2.45) is 14.1 Å². The van der Waals surface area contributed by atoms with E-state index in [0.717, 1.165) is 23.1 Å². The zero-order chi connectivity index (χ0) is 21.8. The van der Waals surface area contributed by atoms with Gasteiger partial charge in [0.1, 0.15) is 16.2 Å². The van der Waals surface area contributed by atoms with Crippen LogP contribution in [0.15, 0.2) is 38.9 Å². The summed E-state index contributed by atoms with van der Waals surface area (Å²) in [5.74, 6) is 0.431. The molecule has 0 unspecified atom stereocenters. The summed E-state index contributed by atoms with van der Waals surface area (Å²) < 4.78 is 2.38. The first-order chi connectivity index (χ1) is 14.3. The minimum atomic E-state index is -0.464. The number of amides is 1. The first-order valence-corrected chi connectivity index (χ1v) is 10.8. The molecule has 2 aromatic heterocycles. The number of hydrogen-bond donors (Lipinski definition) is 1. The molecule has 0 aliphatic carbocycles. The number of nitrogens with zero attached hydrogens (tertiary/aromatic N) is 4. The number of anilines is 1. The molecule has 158 valence electrons. The largest absolute Gasteiger partial charge is 0.332 e. The number of hydrogen-bond acceptors (Lipinski definition) is 6. The van der Waals surface area contributed by atoms with Gasteiger partial charge in [-0.15, -0.1) is 0 Å². The zero-order valence-corrected chi connectivity index (χ0v) is 18.4. The first kappa shape index (κ1) is 21.8. The number of thioether (sulfide) groups is 1. The van der Waals surface area contributed by atoms with Crippen molar-refractivity contribution in [3.8, 4) is 0 Å². The van der Waals surface area contributed by atoms with E-state index < -0.39 is 11.2 Å². The van der Waals surface area contributed by atoms with Crippen LogP contribution in [0.2, 0.25) is 0 Å². The second kappa shape index (κ2) is 9.25. The van der Waals surface area contributed by atoms with Crippen LogP contribution in [0.4, 0.5) is 5.69 Å². The van der Waals surface area contributed by atoms with Gasteiger partial charge in [-0.2, -0.15) is 0 Å². The third-order valence-corrected chi connectivity index (χ3v) is 5.75. The van der Waals surface area contributed by atoms with Crippen LogP contribution in [-0.2, 0) is 31.7 Å². The number of carbonyl (C=O) groups is 1. The van der Waals surface area contributed by atoms with E-state index in [1.54, 1.807) is 7.05 Å². The lowest BCUT2D eigenvalue weighted by Gasteiger charge is -2.12. The lowest BCUT2D eigenvalue weighted by atomic mass is 10.1. The smallest absolute Gasteiger partial charge is 0.325 e. The number of fused-ring (bicyclic) bond motifs is 1. The summed E-state index contributed by atoms with van der Waals surface area (Å²) in [4.78, 5) is 46.4. The number of aromatic nitrogens is 4. The third kappa shape index (κ3) is 4.46. The highest BCUT2D eigenvalue weighted by Gasteiger charge is 2.18. The molecule has 3 rings (SSSR count). The Labute approximate surface area is 178 Å². The predicted molar refractivity (Wildman–Crippen MR) is 119 cm³/mol. The van der Waals surface area contributed by atoms with Gasteiger partial charge in [0.2, 0.25) is 5.91 Å². The summed E-state index contributed by atoms with van der Waals surface area (Å²) >= 11 is 1.17. The van der Waals surface area contributed by atoms with Gasteiger partial charge in [0.15, 0.2) is 5.65 Å². The van der Waals surface area contributed by atoms with Gasteiger partial charge in [0.25, 0.3) is 5.56 Å². The second-order valence-corrected chi connectivity index (χ2v) is 7.95. The first-order valence-electron chi connectivity index (χ1n) is 9.83. The fourth-order valence-electron chi connectivity index (χ4n) is 3.07. The molecule has 0 saturated heterocycles. The standard InChI is InChI=1S/C21H25N5O3S/c1-5-7-15-23-18-17(20(28)26(4)21(29)25(18)3)19(24-15)30-12-16(27)22-14-10-8-13(6-2)9-11-14/h8-11H,5-7,12H2,1-4H3,(H,22,27). The Balaban J connectivity index is 1.91. The molecule has 0 bridgehead atoms. The van der Waals surface area contributed by atoms with Crippen LogP contribution in [0.3, 0.4) is 0 Å². The van der Waals surface area contributed by atoms with E-state index in [1.165, 1.54) is 28.9 Å². The average molecular weight is 428 g/mol. The normalized spacial score (nSPS) is 11.1. The molecular formula is C21H25N5O3S. The van der Waals surface area contributed by atoms with Gasteiger partial charge in [0, 0.05) is 26.2 Å². The van der Waals surface area contributed by atoms with Crippen LogP contribution in [-0.4, -0.2) is 30.8 Å². The van der Waals surface area contributed by atoms with Crippen molar-refractivity contribution < 1.29 is 4.79 Å². The van der Waals surface area contributed by atoms with E-state index in [1.807, 2.05) is 31.2 Å². The van der Waals surface area contributed by atoms with Crippen molar-refractivity contribution in [2.45, 2.75) is 38.1 Å². The van der Waals surface area contributed by atoms with E-state index in [2.05, 4.69) is 22.2 Å². The maximum atomic E-state index is 12.7. The summed E-state index contributed by atoms with van der Waals surface area (Å²) in [6.45, 7) is 4.07. The van der Waals surface area contributed by atoms with Crippen molar-refractivity contribution in [1.29, 1.82) is 0 Å². The van der Waals surface area contributed by atoms with Crippen LogP contribution < -0.4 is 16.6 Å². The predicted octanol–water partition coefficient (Wildman–Crippen LogP) is 2.27. The molecule has 3 aromatic rings. The van der Waals surface area contributed by atoms with Crippen molar-refractivity contribution in [3.63, 3.8) is 0 Å². The van der Waals surface area contributed by atoms with Gasteiger partial charge in [-0.1, -0.05) is 37.7 Å². The lowest BCUT2D eigenvalue weighted by Crippen LogP contribution is -2.38. The summed E-state index contributed by atoms with van der Waals surface area (Å²) in [5.41, 5.74) is 1.29. The summed E-state index contributed by atoms with van der Waals surface area (Å²) in [5, 5.41) is 3.52. The molecule has 30 heavy (non-hydrogen) atoms. The highest BCUT2D eigenvalue weighted by atomic mass is 32.2. The van der Waals surface area contributed by atoms with Crippen molar-refractivity contribution >= 4 is 34.4 Å². The fraction of sp³-hybridized carbons (Fsp3) is 0.381. The number of rotatable bonds is 7. The van der Waals surface area contributed by atoms with Gasteiger partial charge < -0.3 is 5.32 Å². The molecule has 8 nitrogen and oxygen atoms in total. The maximum absolute atomic E-state index is 12.7. The molecule has 0 aliphatic rings. The molecule has 9 heteroatoms. The lowest BCUT2D eigenvalue weighted by molar-refractivity contribution is -0.113. The number of benzene rings is 1. The van der Waals surface area contributed by atoms with E-state index in [9.17, 15) is 14.4 Å². The number of carbonyl (C=O) groups excluding carboxylic acids is 1. The monoisotopic (exact) mass is 427 g/mol. The summed E-state index contributed by atoms with van der Waals surface area (Å²) in [7, 11) is 3.00. The topological polar surface area (TPSA) is 98.9 Å². The Morgan fingerprint density at radius 1 is 1.07 bits per heavy atom. The Hall–Kier alpha value is -2.94. The molecule has 0 aliphatic heterocycles. The summed E-state index contributed by atoms with van der Waals surface area (Å²) in [6.07, 6.45) is 2.37. The molecule has 0 fully saturated rings. The molecule has 0 saturated carbocycles. The van der Waals surface area contributed by atoms with E-state index in [0.29, 0.717) is 22.9 Å². The SMILES string of the molecule is CCCc1nc(SCC(=O)Nc2ccc(CC)cc2)c2c(=O)n(C)c(=O)n(C)c2n1.